The summed E-state index contributed by atoms with van der Waals surface area (Å²) in [4.78, 5) is 65.2. The van der Waals surface area contributed by atoms with Gasteiger partial charge in [0.25, 0.3) is 0 Å². The van der Waals surface area contributed by atoms with Crippen LogP contribution in [0.5, 0.6) is 0 Å². The van der Waals surface area contributed by atoms with E-state index in [-0.39, 0.29) is 18.3 Å². The maximum absolute atomic E-state index is 11.1. The lowest BCUT2D eigenvalue weighted by molar-refractivity contribution is -0.158. The Labute approximate surface area is 347 Å². The molecule has 12 nitrogen and oxygen atoms in total. The molecule has 0 aliphatic carbocycles. The number of allylic oxidation sites excluding steroid dienone is 4. The van der Waals surface area contributed by atoms with Crippen LogP contribution in [0.4, 0.5) is 0 Å². The summed E-state index contributed by atoms with van der Waals surface area (Å²) < 4.78 is 0. The second-order valence-electron chi connectivity index (χ2n) is 13.8. The van der Waals surface area contributed by atoms with Crippen LogP contribution in [0.15, 0.2) is 23.3 Å². The minimum absolute atomic E-state index is 0.262. The van der Waals surface area contributed by atoms with Crippen molar-refractivity contribution in [2.24, 2.45) is 46.8 Å². The molecule has 0 saturated heterocycles. The molecule has 0 bridgehead atoms. The molecule has 0 aromatic rings. The van der Waals surface area contributed by atoms with Gasteiger partial charge in [0.15, 0.2) is 0 Å². The van der Waals surface area contributed by atoms with E-state index < -0.39 is 70.8 Å². The zero-order valence-electron chi connectivity index (χ0n) is 39.5. The van der Waals surface area contributed by atoms with Crippen molar-refractivity contribution in [3.05, 3.63) is 23.3 Å². The summed E-state index contributed by atoms with van der Waals surface area (Å²) in [5, 5.41) is 53.4. The minimum Gasteiger partial charge on any atom is -0.481 e. The number of carbonyl (C=O) groups is 6. The molecule has 0 amide bonds. The molecule has 0 aromatic carbocycles. The van der Waals surface area contributed by atoms with E-state index in [0.717, 1.165) is 37.7 Å². The number of carboxylic acid groups (broad SMARTS) is 6. The lowest BCUT2D eigenvalue weighted by atomic mass is 9.71. The van der Waals surface area contributed by atoms with Crippen LogP contribution in [0.3, 0.4) is 0 Å². The van der Waals surface area contributed by atoms with Gasteiger partial charge < -0.3 is 30.6 Å². The van der Waals surface area contributed by atoms with Gasteiger partial charge in [-0.15, -0.1) is 0 Å². The van der Waals surface area contributed by atoms with Crippen LogP contribution in [0.1, 0.15) is 183 Å². The van der Waals surface area contributed by atoms with Gasteiger partial charge >= 0.3 is 35.8 Å². The first-order valence-electron chi connectivity index (χ1n) is 21.1. The maximum Gasteiger partial charge on any atom is 0.307 e. The molecule has 0 radical (unpaired) electrons. The number of carboxylic acids is 6. The van der Waals surface area contributed by atoms with Gasteiger partial charge in [-0.25, -0.2) is 0 Å². The number of rotatable bonds is 21. The van der Waals surface area contributed by atoms with Crippen molar-refractivity contribution in [2.75, 3.05) is 0 Å². The zero-order chi connectivity index (χ0) is 47.2. The Bertz CT molecular complexity index is 1120. The zero-order valence-corrected chi connectivity index (χ0v) is 39.5. The Kier molecular flexibility index (Phi) is 50.0. The van der Waals surface area contributed by atoms with Crippen molar-refractivity contribution >= 4 is 35.8 Å². The van der Waals surface area contributed by atoms with Crippen LogP contribution in [0.25, 0.3) is 0 Å². The summed E-state index contributed by atoms with van der Waals surface area (Å²) >= 11 is 0. The molecule has 12 heteroatoms. The van der Waals surface area contributed by atoms with Gasteiger partial charge in [-0.1, -0.05) is 160 Å². The molecule has 0 rings (SSSR count). The third-order valence-electron chi connectivity index (χ3n) is 9.14. The first-order chi connectivity index (χ1) is 26.4. The molecule has 0 aliphatic heterocycles. The van der Waals surface area contributed by atoms with Crippen molar-refractivity contribution in [1.82, 2.24) is 0 Å². The van der Waals surface area contributed by atoms with Crippen LogP contribution in [0, 0.1) is 46.8 Å². The summed E-state index contributed by atoms with van der Waals surface area (Å²) in [6.07, 6.45) is 9.61. The quantitative estimate of drug-likeness (QED) is 0.0595. The fraction of sp³-hybridized carbons (Fsp3) is 0.778. The van der Waals surface area contributed by atoms with Crippen LogP contribution >= 0.6 is 0 Å². The van der Waals surface area contributed by atoms with E-state index in [1.54, 1.807) is 20.8 Å². The Morgan fingerprint density at radius 3 is 1.32 bits per heavy atom. The molecule has 340 valence electrons. The molecule has 0 fully saturated rings. The van der Waals surface area contributed by atoms with Gasteiger partial charge in [0.1, 0.15) is 0 Å². The first-order valence-corrected chi connectivity index (χ1v) is 21.1. The molecule has 0 heterocycles. The second-order valence-corrected chi connectivity index (χ2v) is 13.8. The van der Waals surface area contributed by atoms with Gasteiger partial charge in [0.05, 0.1) is 36.0 Å². The molecule has 6 N–H and O–H groups in total. The van der Waals surface area contributed by atoms with E-state index in [1.807, 2.05) is 89.2 Å². The molecular weight excluding hydrogens is 732 g/mol. The molecule has 0 aromatic heterocycles. The predicted molar refractivity (Wildman–Crippen MR) is 234 cm³/mol. The van der Waals surface area contributed by atoms with Gasteiger partial charge in [-0.05, 0) is 56.8 Å². The van der Waals surface area contributed by atoms with Crippen molar-refractivity contribution < 1.29 is 59.4 Å². The van der Waals surface area contributed by atoms with Crippen LogP contribution in [0.2, 0.25) is 0 Å². The van der Waals surface area contributed by atoms with Gasteiger partial charge in [0, 0.05) is 0 Å². The molecule has 0 spiro atoms. The van der Waals surface area contributed by atoms with Crippen molar-refractivity contribution in [1.29, 1.82) is 0 Å². The third kappa shape index (κ3) is 36.4. The van der Waals surface area contributed by atoms with E-state index in [0.29, 0.717) is 12.8 Å². The second kappa shape index (κ2) is 41.9. The fourth-order valence-corrected chi connectivity index (χ4v) is 5.35. The van der Waals surface area contributed by atoms with Crippen molar-refractivity contribution in [2.45, 2.75) is 183 Å². The standard InChI is InChI=1S/C16H26O4.C11H20O4.C10H18O4.4C2H6/c1-5-11(2)7-6-8-12(3)9-13(4)14(16(19)20)10-15(17)18;1-4-5-7(2)6-9(11(14)15)8(3)10(12)13;1-5-10(3,4)7(9(13)14)6(2)8(11)12;4*1-2/h7,9,13-14H,5-6,8,10H2,1-4H3,(H,17,18)(H,19,20);7-9H,4-6H2,1-3H3,(H,12,13)(H,14,15);6-7H,5H2,1-4H3,(H,11,12)(H,13,14);4*1-2H3/b11-7+,12-9+;;;;;;. The lowest BCUT2D eigenvalue weighted by Crippen LogP contribution is -2.38. The Morgan fingerprint density at radius 2 is 1.02 bits per heavy atom. The molecule has 57 heavy (non-hydrogen) atoms. The van der Waals surface area contributed by atoms with E-state index in [4.69, 9.17) is 30.6 Å². The largest absolute Gasteiger partial charge is 0.481 e. The normalized spacial score (nSPS) is 14.3. The van der Waals surface area contributed by atoms with Gasteiger partial charge in [-0.2, -0.15) is 0 Å². The average Bonchev–Trinajstić information content (AvgIpc) is 3.15. The van der Waals surface area contributed by atoms with Crippen LogP contribution in [-0.2, 0) is 28.8 Å². The molecule has 0 aliphatic rings. The topological polar surface area (TPSA) is 224 Å². The van der Waals surface area contributed by atoms with Gasteiger partial charge in [0.2, 0.25) is 0 Å². The monoisotopic (exact) mass is 821 g/mol. The summed E-state index contributed by atoms with van der Waals surface area (Å²) in [6.45, 7) is 36.3. The molecule has 7 atom stereocenters. The molecule has 0 saturated carbocycles. The summed E-state index contributed by atoms with van der Waals surface area (Å²) in [5.74, 6) is -10.4. The molecule has 7 unspecified atom stereocenters. The number of hydrogen-bond donors (Lipinski definition) is 6. The van der Waals surface area contributed by atoms with E-state index in [9.17, 15) is 28.8 Å². The number of hydrogen-bond acceptors (Lipinski definition) is 6. The first kappa shape index (κ1) is 68.0. The highest BCUT2D eigenvalue weighted by molar-refractivity contribution is 5.81. The lowest BCUT2D eigenvalue weighted by Gasteiger charge is -2.32. The highest BCUT2D eigenvalue weighted by Gasteiger charge is 2.41. The Balaban J connectivity index is -0.000000122. The van der Waals surface area contributed by atoms with Crippen LogP contribution < -0.4 is 0 Å². The predicted octanol–water partition coefficient (Wildman–Crippen LogP) is 12.1. The molecular formula is C45H88O12. The van der Waals surface area contributed by atoms with Crippen molar-refractivity contribution in [3.63, 3.8) is 0 Å². The van der Waals surface area contributed by atoms with E-state index in [1.165, 1.54) is 19.4 Å². The maximum atomic E-state index is 11.1. The van der Waals surface area contributed by atoms with E-state index in [2.05, 4.69) is 19.9 Å². The van der Waals surface area contributed by atoms with Crippen LogP contribution in [-0.4, -0.2) is 66.5 Å². The third-order valence-corrected chi connectivity index (χ3v) is 9.14. The Morgan fingerprint density at radius 1 is 0.596 bits per heavy atom. The van der Waals surface area contributed by atoms with Crippen molar-refractivity contribution in [3.8, 4) is 0 Å². The fourth-order valence-electron chi connectivity index (χ4n) is 5.35. The van der Waals surface area contributed by atoms with Gasteiger partial charge in [-0.3, -0.25) is 28.8 Å². The highest BCUT2D eigenvalue weighted by atomic mass is 16.4. The summed E-state index contributed by atoms with van der Waals surface area (Å²) in [7, 11) is 0. The highest BCUT2D eigenvalue weighted by Crippen LogP contribution is 2.36. The van der Waals surface area contributed by atoms with E-state index >= 15 is 0 Å². The Hall–Kier alpha value is -3.70. The minimum atomic E-state index is -1.07. The SMILES string of the molecule is CC.CC.CC.CC.CC/C(C)=C/CC/C(C)=C/C(C)C(CC(=O)O)C(=O)O.CCC(C)(C)C(C(=O)O)C(C)C(=O)O.CCCC(C)CC(C(=O)O)C(C)C(=O)O. The number of aliphatic carboxylic acids is 6. The smallest absolute Gasteiger partial charge is 0.307 e. The summed E-state index contributed by atoms with van der Waals surface area (Å²) in [6, 6.07) is 0. The summed E-state index contributed by atoms with van der Waals surface area (Å²) in [5.41, 5.74) is 1.96. The average molecular weight is 821 g/mol.